The molecule has 0 spiro atoms. The fourth-order valence-corrected chi connectivity index (χ4v) is 3.38. The summed E-state index contributed by atoms with van der Waals surface area (Å²) in [5.74, 6) is -0.477. The molecule has 0 radical (unpaired) electrons. The van der Waals surface area contributed by atoms with Gasteiger partial charge in [0, 0.05) is 4.47 Å². The van der Waals surface area contributed by atoms with Crippen LogP contribution in [-0.2, 0) is 14.8 Å². The summed E-state index contributed by atoms with van der Waals surface area (Å²) in [6.45, 7) is 3.64. The second kappa shape index (κ2) is 7.14. The Balaban J connectivity index is 2.34. The number of ether oxygens (including phenoxy) is 1. The minimum atomic E-state index is -3.73. The SMILES string of the molecule is CCOC(=O)c1cccc(NS(=O)(=O)c2ccc(Br)cc2)c1C. The summed E-state index contributed by atoms with van der Waals surface area (Å²) in [6, 6.07) is 11.1. The van der Waals surface area contributed by atoms with E-state index in [1.54, 1.807) is 44.2 Å². The summed E-state index contributed by atoms with van der Waals surface area (Å²) in [4.78, 5) is 12.0. The molecule has 0 amide bonds. The Morgan fingerprint density at radius 3 is 2.43 bits per heavy atom. The number of carbonyl (C=O) groups excluding carboxylic acids is 1. The van der Waals surface area contributed by atoms with Crippen LogP contribution >= 0.6 is 15.9 Å². The Bertz CT molecular complexity index is 816. The largest absolute Gasteiger partial charge is 0.462 e. The number of hydrogen-bond donors (Lipinski definition) is 1. The fourth-order valence-electron chi connectivity index (χ4n) is 1.99. The molecule has 0 fully saturated rings. The van der Waals surface area contributed by atoms with Gasteiger partial charge in [-0.2, -0.15) is 0 Å². The molecule has 0 heterocycles. The van der Waals surface area contributed by atoms with Crippen LogP contribution in [0, 0.1) is 6.92 Å². The average molecular weight is 398 g/mol. The Labute approximate surface area is 143 Å². The van der Waals surface area contributed by atoms with E-state index in [4.69, 9.17) is 4.74 Å². The van der Waals surface area contributed by atoms with Crippen LogP contribution in [0.2, 0.25) is 0 Å². The highest BCUT2D eigenvalue weighted by atomic mass is 79.9. The predicted molar refractivity (Wildman–Crippen MR) is 92.1 cm³/mol. The number of rotatable bonds is 5. The zero-order valence-corrected chi connectivity index (χ0v) is 15.1. The number of nitrogens with one attached hydrogen (secondary N) is 1. The van der Waals surface area contributed by atoms with E-state index in [9.17, 15) is 13.2 Å². The number of benzene rings is 2. The Morgan fingerprint density at radius 1 is 1.17 bits per heavy atom. The molecule has 2 aromatic rings. The molecule has 7 heteroatoms. The second-order valence-electron chi connectivity index (χ2n) is 4.76. The van der Waals surface area contributed by atoms with Crippen molar-refractivity contribution < 1.29 is 17.9 Å². The second-order valence-corrected chi connectivity index (χ2v) is 7.36. The molecule has 122 valence electrons. The lowest BCUT2D eigenvalue weighted by Crippen LogP contribution is -2.15. The molecule has 0 aromatic heterocycles. The first kappa shape index (κ1) is 17.5. The van der Waals surface area contributed by atoms with Crippen molar-refractivity contribution in [2.75, 3.05) is 11.3 Å². The van der Waals surface area contributed by atoms with Crippen LogP contribution in [0.1, 0.15) is 22.8 Å². The van der Waals surface area contributed by atoms with Crippen molar-refractivity contribution in [2.24, 2.45) is 0 Å². The molecule has 0 unspecified atom stereocenters. The highest BCUT2D eigenvalue weighted by Crippen LogP contribution is 2.24. The van der Waals surface area contributed by atoms with Gasteiger partial charge in [-0.25, -0.2) is 13.2 Å². The fraction of sp³-hybridized carbons (Fsp3) is 0.188. The number of halogens is 1. The normalized spacial score (nSPS) is 11.1. The van der Waals surface area contributed by atoms with Gasteiger partial charge >= 0.3 is 5.97 Å². The molecule has 0 bridgehead atoms. The minimum Gasteiger partial charge on any atom is -0.462 e. The van der Waals surface area contributed by atoms with Crippen molar-refractivity contribution in [3.05, 3.63) is 58.1 Å². The summed E-state index contributed by atoms with van der Waals surface area (Å²) in [5, 5.41) is 0. The molecule has 0 saturated heterocycles. The molecular formula is C16H16BrNO4S. The Hall–Kier alpha value is -1.86. The highest BCUT2D eigenvalue weighted by Gasteiger charge is 2.18. The lowest BCUT2D eigenvalue weighted by molar-refractivity contribution is 0.0525. The summed E-state index contributed by atoms with van der Waals surface area (Å²) in [6.07, 6.45) is 0. The number of hydrogen-bond acceptors (Lipinski definition) is 4. The minimum absolute atomic E-state index is 0.140. The van der Waals surface area contributed by atoms with Crippen molar-refractivity contribution in [1.29, 1.82) is 0 Å². The van der Waals surface area contributed by atoms with Gasteiger partial charge in [-0.3, -0.25) is 4.72 Å². The smallest absolute Gasteiger partial charge is 0.338 e. The van der Waals surface area contributed by atoms with Crippen molar-refractivity contribution >= 4 is 37.6 Å². The standard InChI is InChI=1S/C16H16BrNO4S/c1-3-22-16(19)14-5-4-6-15(11(14)2)18-23(20,21)13-9-7-12(17)8-10-13/h4-10,18H,3H2,1-2H3. The van der Waals surface area contributed by atoms with Crippen LogP contribution < -0.4 is 4.72 Å². The Morgan fingerprint density at radius 2 is 1.83 bits per heavy atom. The zero-order chi connectivity index (χ0) is 17.0. The van der Waals surface area contributed by atoms with E-state index in [0.717, 1.165) is 4.47 Å². The van der Waals surface area contributed by atoms with Crippen LogP contribution in [0.25, 0.3) is 0 Å². The van der Waals surface area contributed by atoms with Gasteiger partial charge < -0.3 is 4.74 Å². The third kappa shape index (κ3) is 4.11. The maximum absolute atomic E-state index is 12.4. The maximum Gasteiger partial charge on any atom is 0.338 e. The number of sulfonamides is 1. The number of esters is 1. The van der Waals surface area contributed by atoms with Gasteiger partial charge in [-0.1, -0.05) is 22.0 Å². The van der Waals surface area contributed by atoms with Gasteiger partial charge in [0.1, 0.15) is 0 Å². The summed E-state index contributed by atoms with van der Waals surface area (Å²) < 4.78 is 33.1. The third-order valence-corrected chi connectivity index (χ3v) is 5.11. The molecule has 0 aliphatic heterocycles. The topological polar surface area (TPSA) is 72.5 Å². The van der Waals surface area contributed by atoms with E-state index in [2.05, 4.69) is 20.7 Å². The first-order chi connectivity index (χ1) is 10.8. The maximum atomic E-state index is 12.4. The molecule has 23 heavy (non-hydrogen) atoms. The molecule has 0 saturated carbocycles. The quantitative estimate of drug-likeness (QED) is 0.779. The number of carbonyl (C=O) groups is 1. The van der Waals surface area contributed by atoms with Gasteiger partial charge in [0.15, 0.2) is 0 Å². The van der Waals surface area contributed by atoms with Gasteiger partial charge in [0.2, 0.25) is 0 Å². The lowest BCUT2D eigenvalue weighted by Gasteiger charge is -2.13. The van der Waals surface area contributed by atoms with Crippen molar-refractivity contribution in [1.82, 2.24) is 0 Å². The molecule has 0 aliphatic carbocycles. The van der Waals surface area contributed by atoms with E-state index in [0.29, 0.717) is 16.8 Å². The van der Waals surface area contributed by atoms with Crippen LogP contribution in [0.15, 0.2) is 51.8 Å². The molecule has 1 N–H and O–H groups in total. The molecule has 0 aliphatic rings. The molecule has 2 aromatic carbocycles. The van der Waals surface area contributed by atoms with Crippen LogP contribution in [0.5, 0.6) is 0 Å². The third-order valence-electron chi connectivity index (χ3n) is 3.20. The molecule has 2 rings (SSSR count). The van der Waals surface area contributed by atoms with Crippen molar-refractivity contribution in [3.8, 4) is 0 Å². The monoisotopic (exact) mass is 397 g/mol. The first-order valence-electron chi connectivity index (χ1n) is 6.90. The van der Waals surface area contributed by atoms with E-state index in [-0.39, 0.29) is 11.5 Å². The zero-order valence-electron chi connectivity index (χ0n) is 12.7. The van der Waals surface area contributed by atoms with Crippen molar-refractivity contribution in [3.63, 3.8) is 0 Å². The van der Waals surface area contributed by atoms with Gasteiger partial charge in [0.05, 0.1) is 22.8 Å². The van der Waals surface area contributed by atoms with Gasteiger partial charge in [-0.05, 0) is 55.8 Å². The van der Waals surface area contributed by atoms with Crippen LogP contribution in [-0.4, -0.2) is 21.0 Å². The molecule has 5 nitrogen and oxygen atoms in total. The van der Waals surface area contributed by atoms with Crippen molar-refractivity contribution in [2.45, 2.75) is 18.7 Å². The van der Waals surface area contributed by atoms with Gasteiger partial charge in [0.25, 0.3) is 10.0 Å². The van der Waals surface area contributed by atoms with E-state index >= 15 is 0 Å². The molecule has 0 atom stereocenters. The summed E-state index contributed by atoms with van der Waals surface area (Å²) in [5.41, 5.74) is 1.20. The Kier molecular flexibility index (Phi) is 5.43. The molecular weight excluding hydrogens is 382 g/mol. The lowest BCUT2D eigenvalue weighted by atomic mass is 10.1. The first-order valence-corrected chi connectivity index (χ1v) is 9.18. The summed E-state index contributed by atoms with van der Waals surface area (Å²) in [7, 11) is -3.73. The van der Waals surface area contributed by atoms with Crippen LogP contribution in [0.4, 0.5) is 5.69 Å². The van der Waals surface area contributed by atoms with Gasteiger partial charge in [-0.15, -0.1) is 0 Å². The number of anilines is 1. The van der Waals surface area contributed by atoms with E-state index in [1.807, 2.05) is 0 Å². The predicted octanol–water partition coefficient (Wildman–Crippen LogP) is 3.74. The van der Waals surface area contributed by atoms with Crippen LogP contribution in [0.3, 0.4) is 0 Å². The average Bonchev–Trinajstić information content (AvgIpc) is 2.50. The van der Waals surface area contributed by atoms with E-state index < -0.39 is 16.0 Å². The highest BCUT2D eigenvalue weighted by molar-refractivity contribution is 9.10. The van der Waals surface area contributed by atoms with E-state index in [1.165, 1.54) is 12.1 Å². The summed E-state index contributed by atoms with van der Waals surface area (Å²) >= 11 is 3.26.